The quantitative estimate of drug-likeness (QED) is 0.600. The molecular weight excluding hydrogens is 481 g/mol. The Balaban J connectivity index is 1.50. The van der Waals surface area contributed by atoms with E-state index in [2.05, 4.69) is 10.3 Å². The number of carbonyl (C=O) groups is 3. The summed E-state index contributed by atoms with van der Waals surface area (Å²) in [6, 6.07) is 5.56. The van der Waals surface area contributed by atoms with E-state index in [-0.39, 0.29) is 18.3 Å². The van der Waals surface area contributed by atoms with Crippen LogP contribution in [0.4, 0.5) is 4.39 Å². The first kappa shape index (κ1) is 24.9. The highest BCUT2D eigenvalue weighted by Gasteiger charge is 2.50. The van der Waals surface area contributed by atoms with E-state index in [9.17, 15) is 28.7 Å². The molecule has 1 aromatic heterocycles. The zero-order valence-electron chi connectivity index (χ0n) is 20.7. The number of carbonyl (C=O) groups excluding carboxylic acids is 3. The Hall–Kier alpha value is -3.76. The van der Waals surface area contributed by atoms with Crippen molar-refractivity contribution in [2.24, 2.45) is 5.92 Å². The number of rotatable bonds is 4. The minimum atomic E-state index is -1.06. The van der Waals surface area contributed by atoms with Crippen molar-refractivity contribution in [1.29, 1.82) is 0 Å². The Morgan fingerprint density at radius 1 is 1.16 bits per heavy atom. The van der Waals surface area contributed by atoms with Gasteiger partial charge < -0.3 is 20.2 Å². The number of likely N-dealkylation sites (N-methyl/N-ethyl adjacent to an activating group) is 1. The van der Waals surface area contributed by atoms with E-state index in [0.717, 1.165) is 12.8 Å². The average Bonchev–Trinajstić information content (AvgIpc) is 3.34. The molecular formula is C26H30FN5O5. The third-order valence-electron chi connectivity index (χ3n) is 8.04. The third-order valence-corrected chi connectivity index (χ3v) is 8.04. The monoisotopic (exact) mass is 511 g/mol. The topological polar surface area (TPSA) is 125 Å². The fraction of sp³-hybridized carbons (Fsp3) is 0.500. The second kappa shape index (κ2) is 9.60. The lowest BCUT2D eigenvalue weighted by Gasteiger charge is -2.43. The fourth-order valence-corrected chi connectivity index (χ4v) is 5.79. The molecule has 0 atom stereocenters. The smallest absolute Gasteiger partial charge is 0.312 e. The maximum atomic E-state index is 13.4. The van der Waals surface area contributed by atoms with Crippen LogP contribution in [0.25, 0.3) is 0 Å². The van der Waals surface area contributed by atoms with Crippen molar-refractivity contribution in [3.8, 4) is 5.75 Å². The molecule has 2 bridgehead atoms. The van der Waals surface area contributed by atoms with E-state index >= 15 is 0 Å². The van der Waals surface area contributed by atoms with Gasteiger partial charge in [-0.1, -0.05) is 12.1 Å². The molecule has 1 saturated carbocycles. The van der Waals surface area contributed by atoms with Gasteiger partial charge in [-0.2, -0.15) is 0 Å². The van der Waals surface area contributed by atoms with Crippen molar-refractivity contribution >= 4 is 17.7 Å². The minimum absolute atomic E-state index is 0.0363. The summed E-state index contributed by atoms with van der Waals surface area (Å²) in [5, 5.41) is 13.3. The molecule has 4 aliphatic rings. The van der Waals surface area contributed by atoms with Gasteiger partial charge in [-0.05, 0) is 62.1 Å². The highest BCUT2D eigenvalue weighted by atomic mass is 19.1. The molecule has 0 spiro atoms. The number of halogens is 1. The highest BCUT2D eigenvalue weighted by Crippen LogP contribution is 2.46. The lowest BCUT2D eigenvalue weighted by molar-refractivity contribution is -0.155. The zero-order chi connectivity index (χ0) is 26.3. The maximum Gasteiger partial charge on any atom is 0.312 e. The summed E-state index contributed by atoms with van der Waals surface area (Å²) < 4.78 is 14.6. The molecule has 1 saturated heterocycles. The number of amides is 3. The Morgan fingerprint density at radius 2 is 1.81 bits per heavy atom. The fourth-order valence-electron chi connectivity index (χ4n) is 5.79. The number of aromatic hydroxyl groups is 1. The lowest BCUT2D eigenvalue weighted by Crippen LogP contribution is -2.54. The van der Waals surface area contributed by atoms with E-state index in [1.54, 1.807) is 11.9 Å². The van der Waals surface area contributed by atoms with E-state index in [0.29, 0.717) is 50.9 Å². The van der Waals surface area contributed by atoms with Crippen LogP contribution in [0.2, 0.25) is 0 Å². The SMILES string of the molecule is CN(C(=O)C(=O)N1CCCC1)C12CCC(CC1)Cn1c2nc(C(=O)NCc2ccc(F)cc2)c(O)c1=O. The first-order chi connectivity index (χ1) is 17.7. The number of hydrogen-bond donors (Lipinski definition) is 2. The lowest BCUT2D eigenvalue weighted by atomic mass is 9.76. The maximum absolute atomic E-state index is 13.4. The molecule has 6 rings (SSSR count). The van der Waals surface area contributed by atoms with Crippen molar-refractivity contribution in [2.45, 2.75) is 57.2 Å². The molecule has 2 N–H and O–H groups in total. The standard InChI is InChI=1S/C26H30FN5O5/c1-30(23(36)24(37)31-12-2-3-13-31)26-10-8-17(9-11-26)15-32-22(35)20(33)19(29-25(26)32)21(34)28-14-16-4-6-18(27)7-5-16/h4-7,17,33H,2-3,8-15H2,1H3,(H,28,34). The second-order valence-corrected chi connectivity index (χ2v) is 10.2. The summed E-state index contributed by atoms with van der Waals surface area (Å²) in [5.74, 6) is -2.81. The van der Waals surface area contributed by atoms with Crippen molar-refractivity contribution in [3.63, 3.8) is 0 Å². The molecule has 1 aromatic carbocycles. The number of nitrogens with one attached hydrogen (secondary N) is 1. The molecule has 196 valence electrons. The van der Waals surface area contributed by atoms with Crippen LogP contribution in [0.3, 0.4) is 0 Å². The first-order valence-electron chi connectivity index (χ1n) is 12.7. The van der Waals surface area contributed by atoms with Crippen LogP contribution in [0.1, 0.15) is 60.4 Å². The van der Waals surface area contributed by atoms with Gasteiger partial charge in [0.05, 0.1) is 0 Å². The van der Waals surface area contributed by atoms with Crippen LogP contribution in [0, 0.1) is 11.7 Å². The summed E-state index contributed by atoms with van der Waals surface area (Å²) in [5.41, 5.74) is -1.61. The largest absolute Gasteiger partial charge is 0.501 e. The number of benzene rings is 1. The van der Waals surface area contributed by atoms with Crippen molar-refractivity contribution in [2.75, 3.05) is 20.1 Å². The molecule has 37 heavy (non-hydrogen) atoms. The summed E-state index contributed by atoms with van der Waals surface area (Å²) in [6.45, 7) is 1.42. The summed E-state index contributed by atoms with van der Waals surface area (Å²) in [7, 11) is 1.56. The molecule has 1 aliphatic carbocycles. The van der Waals surface area contributed by atoms with Crippen LogP contribution < -0.4 is 10.9 Å². The van der Waals surface area contributed by atoms with Gasteiger partial charge in [0.25, 0.3) is 11.5 Å². The molecule has 3 amide bonds. The summed E-state index contributed by atoms with van der Waals surface area (Å²) in [4.78, 5) is 60.0. The molecule has 2 aromatic rings. The van der Waals surface area contributed by atoms with Crippen molar-refractivity contribution in [1.82, 2.24) is 24.7 Å². The van der Waals surface area contributed by atoms with Gasteiger partial charge in [-0.3, -0.25) is 23.7 Å². The van der Waals surface area contributed by atoms with Crippen molar-refractivity contribution < 1.29 is 23.9 Å². The molecule has 11 heteroatoms. The number of aromatic nitrogens is 2. The van der Waals surface area contributed by atoms with Gasteiger partial charge in [0, 0.05) is 33.2 Å². The van der Waals surface area contributed by atoms with Crippen LogP contribution >= 0.6 is 0 Å². The number of hydrogen-bond acceptors (Lipinski definition) is 6. The van der Waals surface area contributed by atoms with E-state index < -0.39 is 46.1 Å². The Morgan fingerprint density at radius 3 is 2.46 bits per heavy atom. The zero-order valence-corrected chi connectivity index (χ0v) is 20.7. The van der Waals surface area contributed by atoms with Gasteiger partial charge in [0.2, 0.25) is 5.75 Å². The van der Waals surface area contributed by atoms with Crippen LogP contribution in [0.5, 0.6) is 5.75 Å². The van der Waals surface area contributed by atoms with Gasteiger partial charge in [-0.15, -0.1) is 0 Å². The number of fused-ring (bicyclic) bond motifs is 2. The van der Waals surface area contributed by atoms with E-state index in [4.69, 9.17) is 0 Å². The number of nitrogens with zero attached hydrogens (tertiary/aromatic N) is 4. The first-order valence-corrected chi connectivity index (χ1v) is 12.7. The Labute approximate surface area is 213 Å². The van der Waals surface area contributed by atoms with E-state index in [1.807, 2.05) is 0 Å². The Kier molecular flexibility index (Phi) is 6.47. The predicted octanol–water partition coefficient (Wildman–Crippen LogP) is 1.50. The van der Waals surface area contributed by atoms with Crippen LogP contribution in [0.15, 0.2) is 29.1 Å². The molecule has 10 nitrogen and oxygen atoms in total. The third kappa shape index (κ3) is 4.36. The highest BCUT2D eigenvalue weighted by molar-refractivity contribution is 6.35. The molecule has 0 unspecified atom stereocenters. The number of likely N-dealkylation sites (tertiary alicyclic amines) is 1. The molecule has 2 fully saturated rings. The average molecular weight is 512 g/mol. The van der Waals surface area contributed by atoms with Gasteiger partial charge in [-0.25, -0.2) is 9.37 Å². The van der Waals surface area contributed by atoms with Crippen LogP contribution in [-0.4, -0.2) is 62.3 Å². The molecule has 3 aliphatic heterocycles. The van der Waals surface area contributed by atoms with Gasteiger partial charge in [0.1, 0.15) is 17.2 Å². The van der Waals surface area contributed by atoms with Gasteiger partial charge >= 0.3 is 11.8 Å². The molecule has 0 radical (unpaired) electrons. The Bertz CT molecular complexity index is 1290. The normalized spacial score (nSPS) is 22.3. The van der Waals surface area contributed by atoms with Gasteiger partial charge in [0.15, 0.2) is 5.69 Å². The van der Waals surface area contributed by atoms with E-state index in [1.165, 1.54) is 33.7 Å². The predicted molar refractivity (Wildman–Crippen MR) is 130 cm³/mol. The summed E-state index contributed by atoms with van der Waals surface area (Å²) >= 11 is 0. The van der Waals surface area contributed by atoms with Crippen molar-refractivity contribution in [3.05, 3.63) is 57.5 Å². The summed E-state index contributed by atoms with van der Waals surface area (Å²) in [6.07, 6.45) is 4.11. The minimum Gasteiger partial charge on any atom is -0.501 e. The molecule has 4 heterocycles. The van der Waals surface area contributed by atoms with Crippen LogP contribution in [-0.2, 0) is 28.2 Å². The second-order valence-electron chi connectivity index (χ2n) is 10.2.